The van der Waals surface area contributed by atoms with Crippen molar-refractivity contribution in [1.82, 2.24) is 14.7 Å². The molecule has 0 radical (unpaired) electrons. The van der Waals surface area contributed by atoms with Crippen LogP contribution in [0.4, 0.5) is 20.6 Å². The van der Waals surface area contributed by atoms with Crippen molar-refractivity contribution in [2.45, 2.75) is 58.4 Å². The van der Waals surface area contributed by atoms with Crippen molar-refractivity contribution in [3.05, 3.63) is 41.8 Å². The number of piperazine rings is 1. The van der Waals surface area contributed by atoms with E-state index in [2.05, 4.69) is 10.2 Å². The molecular formula is C30H40FN5O5. The first-order valence-electron chi connectivity index (χ1n) is 14.2. The molecule has 5 rings (SSSR count). The minimum atomic E-state index is -0.558. The quantitative estimate of drug-likeness (QED) is 0.396. The van der Waals surface area contributed by atoms with Crippen LogP contribution in [-0.2, 0) is 16.0 Å². The van der Waals surface area contributed by atoms with Crippen LogP contribution in [0.5, 0.6) is 11.5 Å². The number of nitrogens with zero attached hydrogens (tertiary/aromatic N) is 4. The number of methoxy groups -OCH3 is 2. The van der Waals surface area contributed by atoms with Crippen molar-refractivity contribution in [2.75, 3.05) is 57.2 Å². The van der Waals surface area contributed by atoms with E-state index in [9.17, 15) is 4.79 Å². The lowest BCUT2D eigenvalue weighted by molar-refractivity contribution is -0.0366. The van der Waals surface area contributed by atoms with Gasteiger partial charge in [-0.3, -0.25) is 0 Å². The van der Waals surface area contributed by atoms with Gasteiger partial charge in [0.2, 0.25) is 0 Å². The number of amides is 1. The molecule has 11 heteroatoms. The average Bonchev–Trinajstić information content (AvgIpc) is 3.41. The predicted octanol–water partition coefficient (Wildman–Crippen LogP) is 5.56. The van der Waals surface area contributed by atoms with Gasteiger partial charge in [-0.1, -0.05) is 0 Å². The summed E-state index contributed by atoms with van der Waals surface area (Å²) in [6.45, 7) is 8.61. The van der Waals surface area contributed by atoms with Gasteiger partial charge < -0.3 is 34.1 Å². The second kappa shape index (κ2) is 12.0. The molecule has 1 amide bonds. The fourth-order valence-corrected chi connectivity index (χ4v) is 5.38. The number of halogens is 1. The lowest BCUT2D eigenvalue weighted by Gasteiger charge is -2.37. The zero-order chi connectivity index (χ0) is 29.1. The van der Waals surface area contributed by atoms with Crippen LogP contribution in [0.15, 0.2) is 30.5 Å². The van der Waals surface area contributed by atoms with Gasteiger partial charge in [0.25, 0.3) is 0 Å². The van der Waals surface area contributed by atoms with Crippen LogP contribution in [0.2, 0.25) is 0 Å². The van der Waals surface area contributed by atoms with Gasteiger partial charge in [-0.15, -0.1) is 0 Å². The normalized spacial score (nSPS) is 18.0. The van der Waals surface area contributed by atoms with Gasteiger partial charge in [-0.2, -0.15) is 5.10 Å². The summed E-state index contributed by atoms with van der Waals surface area (Å²) in [5, 5.41) is 8.86. The Kier molecular flexibility index (Phi) is 8.44. The van der Waals surface area contributed by atoms with E-state index in [-0.39, 0.29) is 18.1 Å². The van der Waals surface area contributed by atoms with E-state index in [0.717, 1.165) is 35.9 Å². The SMILES string of the molecule is COc1ccc(CNc2c(F)cc(N3CCN(C(=O)OC(C)(C)C)CC3)c3cnn(C4CCCCO4)c23)c(OC)c1. The molecule has 3 heterocycles. The summed E-state index contributed by atoms with van der Waals surface area (Å²) in [7, 11) is 3.20. The number of ether oxygens (including phenoxy) is 4. The van der Waals surface area contributed by atoms with Crippen molar-refractivity contribution in [3.8, 4) is 11.5 Å². The van der Waals surface area contributed by atoms with Gasteiger partial charge in [0, 0.05) is 62.4 Å². The lowest BCUT2D eigenvalue weighted by Crippen LogP contribution is -2.50. The molecule has 1 unspecified atom stereocenters. The minimum Gasteiger partial charge on any atom is -0.497 e. The Labute approximate surface area is 240 Å². The Morgan fingerprint density at radius 2 is 1.90 bits per heavy atom. The Bertz CT molecular complexity index is 1370. The van der Waals surface area contributed by atoms with Gasteiger partial charge in [-0.25, -0.2) is 13.9 Å². The smallest absolute Gasteiger partial charge is 0.410 e. The molecule has 0 saturated carbocycles. The maximum absolute atomic E-state index is 16.0. The summed E-state index contributed by atoms with van der Waals surface area (Å²) < 4.78 is 40.3. The van der Waals surface area contributed by atoms with Crippen molar-refractivity contribution < 1.29 is 28.1 Å². The summed E-state index contributed by atoms with van der Waals surface area (Å²) in [5.41, 5.74) is 2.08. The molecule has 2 fully saturated rings. The highest BCUT2D eigenvalue weighted by Gasteiger charge is 2.29. The highest BCUT2D eigenvalue weighted by atomic mass is 19.1. The van der Waals surface area contributed by atoms with Crippen molar-refractivity contribution in [2.24, 2.45) is 0 Å². The van der Waals surface area contributed by atoms with E-state index in [1.165, 1.54) is 0 Å². The minimum absolute atomic E-state index is 0.268. The molecular weight excluding hydrogens is 529 g/mol. The Morgan fingerprint density at radius 3 is 2.56 bits per heavy atom. The van der Waals surface area contributed by atoms with Gasteiger partial charge in [0.1, 0.15) is 17.1 Å². The Hall–Kier alpha value is -3.73. The maximum atomic E-state index is 16.0. The fraction of sp³-hybridized carbons (Fsp3) is 0.533. The molecule has 0 spiro atoms. The molecule has 0 bridgehead atoms. The van der Waals surface area contributed by atoms with E-state index in [1.807, 2.05) is 43.7 Å². The predicted molar refractivity (Wildman–Crippen MR) is 155 cm³/mol. The highest BCUT2D eigenvalue weighted by molar-refractivity contribution is 6.00. The van der Waals surface area contributed by atoms with Crippen LogP contribution in [0.1, 0.15) is 51.8 Å². The van der Waals surface area contributed by atoms with E-state index in [1.54, 1.807) is 31.4 Å². The van der Waals surface area contributed by atoms with E-state index < -0.39 is 5.60 Å². The molecule has 3 aromatic rings. The molecule has 222 valence electrons. The highest BCUT2D eigenvalue weighted by Crippen LogP contribution is 2.39. The standard InChI is InChI=1S/C30H40FN5O5/c1-30(2,3)41-29(37)35-13-11-34(12-14-35)24-17-23(31)27(32-18-20-9-10-21(38-4)16-25(20)39-5)28-22(24)19-33-36(28)26-8-6-7-15-40-26/h9-10,16-17,19,26,32H,6-8,11-15,18H2,1-5H3. The maximum Gasteiger partial charge on any atom is 0.410 e. The number of rotatable bonds is 7. The molecule has 41 heavy (non-hydrogen) atoms. The molecule has 1 N–H and O–H groups in total. The van der Waals surface area contributed by atoms with Gasteiger partial charge in [0.15, 0.2) is 12.0 Å². The van der Waals surface area contributed by atoms with E-state index >= 15 is 4.39 Å². The molecule has 1 aromatic heterocycles. The Balaban J connectivity index is 1.45. The first-order valence-corrected chi connectivity index (χ1v) is 14.2. The first kappa shape index (κ1) is 28.8. The van der Waals surface area contributed by atoms with Gasteiger partial charge >= 0.3 is 6.09 Å². The molecule has 10 nitrogen and oxygen atoms in total. The molecule has 2 aliphatic heterocycles. The van der Waals surface area contributed by atoms with Gasteiger partial charge in [0.05, 0.1) is 37.3 Å². The molecule has 2 aromatic carbocycles. The van der Waals surface area contributed by atoms with E-state index in [4.69, 9.17) is 24.0 Å². The van der Waals surface area contributed by atoms with Gasteiger partial charge in [-0.05, 0) is 52.2 Å². The topological polar surface area (TPSA) is 90.3 Å². The van der Waals surface area contributed by atoms with Crippen LogP contribution < -0.4 is 19.7 Å². The Morgan fingerprint density at radius 1 is 1.12 bits per heavy atom. The number of aromatic nitrogens is 2. The second-order valence-corrected chi connectivity index (χ2v) is 11.4. The summed E-state index contributed by atoms with van der Waals surface area (Å²) in [4.78, 5) is 16.4. The monoisotopic (exact) mass is 569 g/mol. The molecule has 0 aliphatic carbocycles. The average molecular weight is 570 g/mol. The van der Waals surface area contributed by atoms with Crippen LogP contribution in [-0.4, -0.2) is 73.4 Å². The first-order chi connectivity index (χ1) is 19.7. The number of carbonyl (C=O) groups excluding carboxylic acids is 1. The van der Waals surface area contributed by atoms with Crippen molar-refractivity contribution >= 4 is 28.4 Å². The summed E-state index contributed by atoms with van der Waals surface area (Å²) in [5.74, 6) is 0.951. The number of hydrogen-bond donors (Lipinski definition) is 1. The van der Waals surface area contributed by atoms with Crippen LogP contribution in [0.25, 0.3) is 10.9 Å². The number of hydrogen-bond acceptors (Lipinski definition) is 8. The van der Waals surface area contributed by atoms with Crippen LogP contribution >= 0.6 is 0 Å². The largest absolute Gasteiger partial charge is 0.497 e. The third kappa shape index (κ3) is 6.29. The third-order valence-corrected chi connectivity index (χ3v) is 7.46. The summed E-state index contributed by atoms with van der Waals surface area (Å²) >= 11 is 0. The zero-order valence-electron chi connectivity index (χ0n) is 24.5. The molecule has 2 saturated heterocycles. The summed E-state index contributed by atoms with van der Waals surface area (Å²) in [6, 6.07) is 7.13. The van der Waals surface area contributed by atoms with Crippen LogP contribution in [0, 0.1) is 5.82 Å². The lowest BCUT2D eigenvalue weighted by atomic mass is 10.1. The number of anilines is 2. The fourth-order valence-electron chi connectivity index (χ4n) is 5.38. The van der Waals surface area contributed by atoms with Crippen molar-refractivity contribution in [1.29, 1.82) is 0 Å². The third-order valence-electron chi connectivity index (χ3n) is 7.46. The van der Waals surface area contributed by atoms with Crippen LogP contribution in [0.3, 0.4) is 0 Å². The zero-order valence-corrected chi connectivity index (χ0v) is 24.5. The molecule has 2 aliphatic rings. The number of fused-ring (bicyclic) bond motifs is 1. The number of nitrogens with one attached hydrogen (secondary N) is 1. The van der Waals surface area contributed by atoms with E-state index in [0.29, 0.717) is 62.0 Å². The number of carbonyl (C=O) groups is 1. The summed E-state index contributed by atoms with van der Waals surface area (Å²) in [6.07, 6.45) is 4.02. The molecule has 1 atom stereocenters. The second-order valence-electron chi connectivity index (χ2n) is 11.4. The van der Waals surface area contributed by atoms with Crippen molar-refractivity contribution in [3.63, 3.8) is 0 Å². The number of benzene rings is 2.